The molecule has 1 unspecified atom stereocenters. The first-order valence-corrected chi connectivity index (χ1v) is 5.51. The monoisotopic (exact) mass is 363 g/mol. The van der Waals surface area contributed by atoms with Crippen molar-refractivity contribution in [1.82, 2.24) is 20.1 Å². The lowest BCUT2D eigenvalue weighted by atomic mass is 10.3. The van der Waals surface area contributed by atoms with Gasteiger partial charge in [-0.1, -0.05) is 6.92 Å². The van der Waals surface area contributed by atoms with Gasteiger partial charge in [-0.05, 0) is 13.3 Å². The van der Waals surface area contributed by atoms with E-state index in [1.54, 1.807) is 4.68 Å². The second kappa shape index (κ2) is 8.68. The SMILES string of the molecule is CCC(C)NC(N)=NCCn1cnc(C#N)n1.I. The van der Waals surface area contributed by atoms with Crippen LogP contribution < -0.4 is 11.1 Å². The Morgan fingerprint density at radius 2 is 2.44 bits per heavy atom. The largest absolute Gasteiger partial charge is 0.370 e. The molecule has 0 aliphatic rings. The van der Waals surface area contributed by atoms with Crippen molar-refractivity contribution in [2.45, 2.75) is 32.9 Å². The van der Waals surface area contributed by atoms with Crippen LogP contribution in [0.2, 0.25) is 0 Å². The van der Waals surface area contributed by atoms with Gasteiger partial charge >= 0.3 is 0 Å². The summed E-state index contributed by atoms with van der Waals surface area (Å²) in [6, 6.07) is 2.18. The highest BCUT2D eigenvalue weighted by Crippen LogP contribution is 1.89. The van der Waals surface area contributed by atoms with Crippen molar-refractivity contribution in [3.63, 3.8) is 0 Å². The number of nitrogens with zero attached hydrogens (tertiary/aromatic N) is 5. The Hall–Kier alpha value is -1.37. The van der Waals surface area contributed by atoms with Gasteiger partial charge < -0.3 is 11.1 Å². The van der Waals surface area contributed by atoms with Gasteiger partial charge in [0.2, 0.25) is 0 Å². The number of hydrogen-bond acceptors (Lipinski definition) is 4. The normalized spacial score (nSPS) is 12.4. The zero-order valence-corrected chi connectivity index (χ0v) is 12.8. The quantitative estimate of drug-likeness (QED) is 0.450. The van der Waals surface area contributed by atoms with E-state index in [4.69, 9.17) is 11.0 Å². The summed E-state index contributed by atoms with van der Waals surface area (Å²) >= 11 is 0. The molecule has 0 radical (unpaired) electrons. The van der Waals surface area contributed by atoms with Gasteiger partial charge in [0.25, 0.3) is 5.82 Å². The molecule has 7 nitrogen and oxygen atoms in total. The molecule has 0 aromatic carbocycles. The van der Waals surface area contributed by atoms with Gasteiger partial charge in [-0.25, -0.2) is 9.67 Å². The van der Waals surface area contributed by atoms with E-state index in [0.29, 0.717) is 25.1 Å². The minimum absolute atomic E-state index is 0. The molecule has 0 aliphatic carbocycles. The molecule has 1 rings (SSSR count). The smallest absolute Gasteiger partial charge is 0.252 e. The van der Waals surface area contributed by atoms with Crippen LogP contribution >= 0.6 is 24.0 Å². The Labute approximate surface area is 123 Å². The highest BCUT2D eigenvalue weighted by atomic mass is 127. The number of hydrogen-bond donors (Lipinski definition) is 2. The molecular weight excluding hydrogens is 345 g/mol. The van der Waals surface area contributed by atoms with E-state index < -0.39 is 0 Å². The lowest BCUT2D eigenvalue weighted by molar-refractivity contribution is 0.611. The Kier molecular flexibility index (Phi) is 8.02. The minimum Gasteiger partial charge on any atom is -0.370 e. The molecule has 0 aliphatic heterocycles. The van der Waals surface area contributed by atoms with Gasteiger partial charge in [0.05, 0.1) is 13.1 Å². The van der Waals surface area contributed by atoms with Gasteiger partial charge in [0.1, 0.15) is 12.4 Å². The van der Waals surface area contributed by atoms with Crippen LogP contribution in [0.25, 0.3) is 0 Å². The molecule has 3 N–H and O–H groups in total. The van der Waals surface area contributed by atoms with Gasteiger partial charge in [0, 0.05) is 6.04 Å². The van der Waals surface area contributed by atoms with Crippen molar-refractivity contribution in [3.8, 4) is 6.07 Å². The zero-order chi connectivity index (χ0) is 12.7. The van der Waals surface area contributed by atoms with E-state index >= 15 is 0 Å². The molecule has 8 heteroatoms. The average Bonchev–Trinajstić information content (AvgIpc) is 2.76. The molecule has 0 bridgehead atoms. The van der Waals surface area contributed by atoms with Crippen molar-refractivity contribution >= 4 is 29.9 Å². The Bertz CT molecular complexity index is 420. The van der Waals surface area contributed by atoms with Crippen molar-refractivity contribution in [1.29, 1.82) is 5.26 Å². The number of nitrogens with two attached hydrogens (primary N) is 1. The van der Waals surface area contributed by atoms with E-state index in [2.05, 4.69) is 27.3 Å². The van der Waals surface area contributed by atoms with Crippen molar-refractivity contribution in [2.24, 2.45) is 10.7 Å². The summed E-state index contributed by atoms with van der Waals surface area (Å²) in [6.45, 7) is 5.17. The third kappa shape index (κ3) is 5.81. The number of aliphatic imine (C=N–C) groups is 1. The summed E-state index contributed by atoms with van der Waals surface area (Å²) in [6.07, 6.45) is 2.50. The predicted molar refractivity (Wildman–Crippen MR) is 79.5 cm³/mol. The van der Waals surface area contributed by atoms with Crippen LogP contribution in [0, 0.1) is 11.3 Å². The second-order valence-corrected chi connectivity index (χ2v) is 3.66. The van der Waals surface area contributed by atoms with E-state index in [-0.39, 0.29) is 29.8 Å². The minimum atomic E-state index is 0. The molecule has 0 spiro atoms. The molecule has 1 heterocycles. The average molecular weight is 363 g/mol. The Balaban J connectivity index is 0.00000289. The zero-order valence-electron chi connectivity index (χ0n) is 10.5. The van der Waals surface area contributed by atoms with Gasteiger partial charge in [0.15, 0.2) is 5.96 Å². The maximum Gasteiger partial charge on any atom is 0.252 e. The van der Waals surface area contributed by atoms with E-state index in [0.717, 1.165) is 6.42 Å². The fourth-order valence-electron chi connectivity index (χ4n) is 1.13. The fraction of sp³-hybridized carbons (Fsp3) is 0.600. The van der Waals surface area contributed by atoms with Crippen molar-refractivity contribution in [3.05, 3.63) is 12.2 Å². The van der Waals surface area contributed by atoms with Crippen LogP contribution in [0.3, 0.4) is 0 Å². The van der Waals surface area contributed by atoms with Crippen LogP contribution in [-0.2, 0) is 6.54 Å². The number of nitrogens with one attached hydrogen (secondary N) is 1. The first-order chi connectivity index (χ1) is 8.15. The molecule has 1 aromatic rings. The number of rotatable bonds is 5. The summed E-state index contributed by atoms with van der Waals surface area (Å²) in [5, 5.41) is 15.5. The Morgan fingerprint density at radius 3 is 3.00 bits per heavy atom. The molecule has 0 saturated heterocycles. The highest BCUT2D eigenvalue weighted by Gasteiger charge is 2.00. The third-order valence-electron chi connectivity index (χ3n) is 2.25. The summed E-state index contributed by atoms with van der Waals surface area (Å²) in [5.41, 5.74) is 5.69. The van der Waals surface area contributed by atoms with E-state index in [1.807, 2.05) is 13.0 Å². The maximum absolute atomic E-state index is 8.54. The van der Waals surface area contributed by atoms with Gasteiger partial charge in [-0.15, -0.1) is 29.1 Å². The fourth-order valence-corrected chi connectivity index (χ4v) is 1.13. The molecular formula is C10H18IN7. The molecule has 0 amide bonds. The molecule has 1 aromatic heterocycles. The number of guanidine groups is 1. The second-order valence-electron chi connectivity index (χ2n) is 3.66. The van der Waals surface area contributed by atoms with Crippen LogP contribution in [0.1, 0.15) is 26.1 Å². The van der Waals surface area contributed by atoms with Crippen molar-refractivity contribution in [2.75, 3.05) is 6.54 Å². The lowest BCUT2D eigenvalue weighted by Gasteiger charge is -2.11. The summed E-state index contributed by atoms with van der Waals surface area (Å²) in [5.74, 6) is 0.597. The predicted octanol–water partition coefficient (Wildman–Crippen LogP) is 0.471. The summed E-state index contributed by atoms with van der Waals surface area (Å²) in [4.78, 5) is 7.94. The first kappa shape index (κ1) is 16.6. The molecule has 100 valence electrons. The van der Waals surface area contributed by atoms with Gasteiger partial charge in [-0.3, -0.25) is 4.99 Å². The van der Waals surface area contributed by atoms with Crippen LogP contribution in [0.15, 0.2) is 11.3 Å². The van der Waals surface area contributed by atoms with E-state index in [1.165, 1.54) is 6.33 Å². The first-order valence-electron chi connectivity index (χ1n) is 5.51. The third-order valence-corrected chi connectivity index (χ3v) is 2.25. The topological polar surface area (TPSA) is 105 Å². The molecule has 0 fully saturated rings. The Morgan fingerprint density at radius 1 is 1.72 bits per heavy atom. The van der Waals surface area contributed by atoms with Crippen LogP contribution in [0.4, 0.5) is 0 Å². The summed E-state index contributed by atoms with van der Waals surface area (Å²) in [7, 11) is 0. The molecule has 18 heavy (non-hydrogen) atoms. The standard InChI is InChI=1S/C10H17N7.HI/c1-3-8(2)15-10(12)13-4-5-17-7-14-9(6-11)16-17;/h7-8H,3-5H2,1-2H3,(H3,12,13,15);1H. The van der Waals surface area contributed by atoms with Crippen molar-refractivity contribution < 1.29 is 0 Å². The highest BCUT2D eigenvalue weighted by molar-refractivity contribution is 14.0. The van der Waals surface area contributed by atoms with Crippen LogP contribution in [0.5, 0.6) is 0 Å². The number of halogens is 1. The molecule has 0 saturated carbocycles. The lowest BCUT2D eigenvalue weighted by Crippen LogP contribution is -2.38. The van der Waals surface area contributed by atoms with Crippen LogP contribution in [-0.4, -0.2) is 33.3 Å². The molecule has 1 atom stereocenters. The van der Waals surface area contributed by atoms with Gasteiger partial charge in [-0.2, -0.15) is 5.26 Å². The maximum atomic E-state index is 8.54. The number of nitriles is 1. The van der Waals surface area contributed by atoms with E-state index in [9.17, 15) is 0 Å². The number of aromatic nitrogens is 3. The summed E-state index contributed by atoms with van der Waals surface area (Å²) < 4.78 is 1.57.